The third-order valence-corrected chi connectivity index (χ3v) is 9.14. The zero-order valence-corrected chi connectivity index (χ0v) is 28.7. The average molecular weight is 685 g/mol. The molecule has 0 aliphatic carbocycles. The van der Waals surface area contributed by atoms with Gasteiger partial charge >= 0.3 is 0 Å². The van der Waals surface area contributed by atoms with Crippen molar-refractivity contribution in [1.29, 1.82) is 0 Å². The number of aromatic nitrogens is 1. The van der Waals surface area contributed by atoms with E-state index in [-0.39, 0.29) is 17.4 Å². The lowest BCUT2D eigenvalue weighted by atomic mass is 10.1. The maximum absolute atomic E-state index is 13.5. The maximum atomic E-state index is 13.5. The summed E-state index contributed by atoms with van der Waals surface area (Å²) >= 11 is 1.39. The van der Waals surface area contributed by atoms with Crippen molar-refractivity contribution in [1.82, 2.24) is 9.88 Å². The van der Waals surface area contributed by atoms with Crippen LogP contribution in [0.2, 0.25) is 0 Å². The van der Waals surface area contributed by atoms with Crippen LogP contribution in [0, 0.1) is 0 Å². The van der Waals surface area contributed by atoms with Crippen LogP contribution in [0.3, 0.4) is 0 Å². The van der Waals surface area contributed by atoms with Crippen molar-refractivity contribution in [3.63, 3.8) is 0 Å². The fourth-order valence-electron chi connectivity index (χ4n) is 5.69. The van der Waals surface area contributed by atoms with Crippen LogP contribution in [0.1, 0.15) is 22.8 Å². The van der Waals surface area contributed by atoms with Crippen molar-refractivity contribution in [3.05, 3.63) is 132 Å². The van der Waals surface area contributed by atoms with E-state index in [1.807, 2.05) is 42.5 Å². The number of carbonyl (C=O) groups is 3. The van der Waals surface area contributed by atoms with Gasteiger partial charge in [-0.3, -0.25) is 14.4 Å². The molecule has 0 aliphatic rings. The quantitative estimate of drug-likeness (QED) is 0.0891. The summed E-state index contributed by atoms with van der Waals surface area (Å²) in [5.41, 5.74) is 4.57. The zero-order valence-electron chi connectivity index (χ0n) is 27.9. The molecule has 0 spiro atoms. The van der Waals surface area contributed by atoms with Crippen LogP contribution in [0.15, 0.2) is 126 Å². The summed E-state index contributed by atoms with van der Waals surface area (Å²) in [6.45, 7) is 2.98. The fraction of sp³-hybridized carbons (Fsp3) is 0.125. The van der Waals surface area contributed by atoms with E-state index in [4.69, 9.17) is 9.47 Å². The average Bonchev–Trinajstić information content (AvgIpc) is 3.47. The number of para-hydroxylation sites is 1. The number of thioether (sulfide) groups is 1. The molecule has 3 N–H and O–H groups in total. The summed E-state index contributed by atoms with van der Waals surface area (Å²) in [6, 6.07) is 35.3. The van der Waals surface area contributed by atoms with Crippen molar-refractivity contribution < 1.29 is 23.9 Å². The number of ether oxygens (including phenoxy) is 2. The monoisotopic (exact) mass is 684 g/mol. The van der Waals surface area contributed by atoms with Gasteiger partial charge in [0.15, 0.2) is 0 Å². The Labute approximate surface area is 294 Å². The largest absolute Gasteiger partial charge is 0.497 e. The number of methoxy groups -OCH3 is 2. The Morgan fingerprint density at radius 1 is 0.740 bits per heavy atom. The molecule has 0 radical (unpaired) electrons. The standard InChI is InChI=1S/C40H36N4O5S/c1-4-44-35-13-9-8-12-32(35)33-23-29(17-21-36(33)44)41-38(45)25-50-31-19-15-28(16-20-31)42-40(47)34(43-39(46)26-10-6-5-7-11-26)22-27-14-18-30(48-2)24-37(27)49-3/h5-24H,4,25H2,1-3H3,(H,41,45)(H,42,47)(H,43,46)/b34-22-. The molecule has 6 rings (SSSR count). The summed E-state index contributed by atoms with van der Waals surface area (Å²) in [5.74, 6) is 0.194. The van der Waals surface area contributed by atoms with Crippen LogP contribution in [-0.4, -0.2) is 42.3 Å². The predicted molar refractivity (Wildman–Crippen MR) is 201 cm³/mol. The molecule has 9 nitrogen and oxygen atoms in total. The van der Waals surface area contributed by atoms with Crippen LogP contribution < -0.4 is 25.4 Å². The normalized spacial score (nSPS) is 11.3. The van der Waals surface area contributed by atoms with Gasteiger partial charge in [-0.1, -0.05) is 36.4 Å². The van der Waals surface area contributed by atoms with Gasteiger partial charge in [0.2, 0.25) is 5.91 Å². The van der Waals surface area contributed by atoms with Gasteiger partial charge in [-0.15, -0.1) is 11.8 Å². The minimum absolute atomic E-state index is 0.0230. The lowest BCUT2D eigenvalue weighted by molar-refractivity contribution is -0.114. The molecule has 1 aromatic heterocycles. The van der Waals surface area contributed by atoms with Gasteiger partial charge in [-0.05, 0) is 85.8 Å². The number of hydrogen-bond donors (Lipinski definition) is 3. The van der Waals surface area contributed by atoms with E-state index in [0.29, 0.717) is 28.3 Å². The minimum Gasteiger partial charge on any atom is -0.497 e. The molecule has 1 heterocycles. The van der Waals surface area contributed by atoms with E-state index in [1.165, 1.54) is 24.4 Å². The Morgan fingerprint density at radius 2 is 1.46 bits per heavy atom. The maximum Gasteiger partial charge on any atom is 0.272 e. The number of rotatable bonds is 12. The van der Waals surface area contributed by atoms with Gasteiger partial charge in [-0.2, -0.15) is 0 Å². The summed E-state index contributed by atoms with van der Waals surface area (Å²) in [7, 11) is 3.07. The highest BCUT2D eigenvalue weighted by Crippen LogP contribution is 2.31. The van der Waals surface area contributed by atoms with Crippen molar-refractivity contribution in [2.75, 3.05) is 30.6 Å². The molecule has 0 saturated carbocycles. The first-order valence-corrected chi connectivity index (χ1v) is 17.0. The van der Waals surface area contributed by atoms with Crippen molar-refractivity contribution in [2.45, 2.75) is 18.4 Å². The van der Waals surface area contributed by atoms with Gasteiger partial charge in [0.05, 0.1) is 20.0 Å². The van der Waals surface area contributed by atoms with Crippen molar-refractivity contribution in [3.8, 4) is 11.5 Å². The van der Waals surface area contributed by atoms with Gasteiger partial charge in [0.25, 0.3) is 11.8 Å². The lowest BCUT2D eigenvalue weighted by Gasteiger charge is -2.13. The molecule has 252 valence electrons. The van der Waals surface area contributed by atoms with E-state index in [2.05, 4.69) is 45.6 Å². The van der Waals surface area contributed by atoms with E-state index in [9.17, 15) is 14.4 Å². The number of aryl methyl sites for hydroxylation is 1. The Balaban J connectivity index is 1.11. The number of benzene rings is 5. The van der Waals surface area contributed by atoms with E-state index in [1.54, 1.807) is 67.8 Å². The van der Waals surface area contributed by atoms with Gasteiger partial charge in [0, 0.05) is 61.8 Å². The Kier molecular flexibility index (Phi) is 10.5. The second-order valence-corrected chi connectivity index (χ2v) is 12.3. The molecule has 0 unspecified atom stereocenters. The first-order valence-electron chi connectivity index (χ1n) is 16.0. The van der Waals surface area contributed by atoms with Crippen LogP contribution in [0.5, 0.6) is 11.5 Å². The molecule has 10 heteroatoms. The molecule has 0 fully saturated rings. The Morgan fingerprint density at radius 3 is 2.20 bits per heavy atom. The lowest BCUT2D eigenvalue weighted by Crippen LogP contribution is -2.30. The molecular weight excluding hydrogens is 649 g/mol. The van der Waals surface area contributed by atoms with Crippen LogP contribution in [-0.2, 0) is 16.1 Å². The molecule has 0 bridgehead atoms. The highest BCUT2D eigenvalue weighted by Gasteiger charge is 2.17. The second kappa shape index (κ2) is 15.5. The smallest absolute Gasteiger partial charge is 0.272 e. The number of carbonyl (C=O) groups excluding carboxylic acids is 3. The number of amides is 3. The first-order chi connectivity index (χ1) is 24.4. The predicted octanol–water partition coefficient (Wildman–Crippen LogP) is 7.97. The summed E-state index contributed by atoms with van der Waals surface area (Å²) in [6.07, 6.45) is 1.55. The van der Waals surface area contributed by atoms with E-state index >= 15 is 0 Å². The minimum atomic E-state index is -0.522. The van der Waals surface area contributed by atoms with E-state index < -0.39 is 11.8 Å². The molecule has 0 atom stereocenters. The number of fused-ring (bicyclic) bond motifs is 3. The summed E-state index contributed by atoms with van der Waals surface area (Å²) in [4.78, 5) is 40.3. The number of anilines is 2. The number of hydrogen-bond acceptors (Lipinski definition) is 6. The first kappa shape index (κ1) is 33.9. The fourth-order valence-corrected chi connectivity index (χ4v) is 6.39. The van der Waals surface area contributed by atoms with Crippen molar-refractivity contribution in [2.24, 2.45) is 0 Å². The third kappa shape index (κ3) is 7.66. The highest BCUT2D eigenvalue weighted by molar-refractivity contribution is 8.00. The molecule has 50 heavy (non-hydrogen) atoms. The highest BCUT2D eigenvalue weighted by atomic mass is 32.2. The van der Waals surface area contributed by atoms with E-state index in [0.717, 1.165) is 33.4 Å². The summed E-state index contributed by atoms with van der Waals surface area (Å²) in [5, 5.41) is 10.9. The number of nitrogens with one attached hydrogen (secondary N) is 3. The number of nitrogens with zero attached hydrogens (tertiary/aromatic N) is 1. The molecular formula is C40H36N4O5S. The molecule has 0 saturated heterocycles. The second-order valence-electron chi connectivity index (χ2n) is 11.3. The molecule has 0 aliphatic heterocycles. The molecule has 6 aromatic rings. The van der Waals surface area contributed by atoms with Crippen LogP contribution >= 0.6 is 11.8 Å². The SMILES string of the molecule is CCn1c2ccccc2c2cc(NC(=O)CSc3ccc(NC(=O)/C(=C/c4ccc(OC)cc4OC)NC(=O)c4ccccc4)cc3)ccc21. The summed E-state index contributed by atoms with van der Waals surface area (Å²) < 4.78 is 13.1. The van der Waals surface area contributed by atoms with Crippen LogP contribution in [0.25, 0.3) is 27.9 Å². The van der Waals surface area contributed by atoms with Gasteiger partial charge in [0.1, 0.15) is 17.2 Å². The molecule has 5 aromatic carbocycles. The zero-order chi connectivity index (χ0) is 35.0. The van der Waals surface area contributed by atoms with Gasteiger partial charge < -0.3 is 30.0 Å². The topological polar surface area (TPSA) is 111 Å². The van der Waals surface area contributed by atoms with Crippen LogP contribution in [0.4, 0.5) is 11.4 Å². The van der Waals surface area contributed by atoms with Crippen molar-refractivity contribution >= 4 is 68.7 Å². The Hall–Kier alpha value is -6.00. The molecule has 3 amide bonds. The Bertz CT molecular complexity index is 2210. The van der Waals surface area contributed by atoms with Gasteiger partial charge in [-0.25, -0.2) is 0 Å². The third-order valence-electron chi connectivity index (χ3n) is 8.12.